The summed E-state index contributed by atoms with van der Waals surface area (Å²) in [7, 11) is 0. The van der Waals surface area contributed by atoms with E-state index >= 15 is 0 Å². The first-order chi connectivity index (χ1) is 10.1. The molecule has 2 aromatic rings. The molecule has 1 heterocycles. The molecular weight excluding hydrogens is 284 g/mol. The highest BCUT2D eigenvalue weighted by molar-refractivity contribution is 7.17. The van der Waals surface area contributed by atoms with Gasteiger partial charge >= 0.3 is 0 Å². The van der Waals surface area contributed by atoms with Gasteiger partial charge in [-0.15, -0.1) is 11.3 Å². The Labute approximate surface area is 126 Å². The highest BCUT2D eigenvalue weighted by Gasteiger charge is 2.31. The molecule has 1 N–H and O–H groups in total. The normalized spacial score (nSPS) is 19.3. The molecule has 0 saturated carbocycles. The van der Waals surface area contributed by atoms with Crippen molar-refractivity contribution in [3.05, 3.63) is 46.5 Å². The quantitative estimate of drug-likeness (QED) is 0.867. The largest absolute Gasteiger partial charge is 0.511 e. The van der Waals surface area contributed by atoms with Gasteiger partial charge in [-0.2, -0.15) is 0 Å². The summed E-state index contributed by atoms with van der Waals surface area (Å²) in [6.07, 6.45) is 0.903. The van der Waals surface area contributed by atoms with Crippen molar-refractivity contribution in [1.82, 2.24) is 0 Å². The number of hydrogen-bond acceptors (Lipinski definition) is 4. The van der Waals surface area contributed by atoms with Gasteiger partial charge in [-0.1, -0.05) is 19.1 Å². The predicted octanol–water partition coefficient (Wildman–Crippen LogP) is 4.14. The fourth-order valence-corrected chi connectivity index (χ4v) is 3.63. The van der Waals surface area contributed by atoms with Crippen LogP contribution < -0.4 is 0 Å². The van der Waals surface area contributed by atoms with Gasteiger partial charge < -0.3 is 5.11 Å². The molecule has 0 radical (unpaired) electrons. The molecule has 1 aliphatic rings. The van der Waals surface area contributed by atoms with E-state index in [-0.39, 0.29) is 35.2 Å². The maximum Gasteiger partial charge on any atom is 0.170 e. The van der Waals surface area contributed by atoms with Gasteiger partial charge in [0, 0.05) is 24.0 Å². The Morgan fingerprint density at radius 3 is 2.86 bits per heavy atom. The highest BCUT2D eigenvalue weighted by atomic mass is 32.1. The minimum absolute atomic E-state index is 0.0189. The number of carbonyl (C=O) groups excluding carboxylic acids is 2. The van der Waals surface area contributed by atoms with Crippen LogP contribution in [0.3, 0.4) is 0 Å². The summed E-state index contributed by atoms with van der Waals surface area (Å²) in [4.78, 5) is 23.9. The van der Waals surface area contributed by atoms with E-state index in [2.05, 4.69) is 12.1 Å². The summed E-state index contributed by atoms with van der Waals surface area (Å²) in [5.41, 5.74) is 1.06. The van der Waals surface area contributed by atoms with E-state index in [1.165, 1.54) is 4.70 Å². The van der Waals surface area contributed by atoms with Crippen molar-refractivity contribution in [2.45, 2.75) is 32.1 Å². The second-order valence-electron chi connectivity index (χ2n) is 5.34. The van der Waals surface area contributed by atoms with Crippen molar-refractivity contribution in [2.75, 3.05) is 0 Å². The predicted molar refractivity (Wildman–Crippen MR) is 83.8 cm³/mol. The minimum atomic E-state index is -0.260. The second kappa shape index (κ2) is 5.45. The zero-order chi connectivity index (χ0) is 15.0. The first-order valence-electron chi connectivity index (χ1n) is 7.05. The Hall–Kier alpha value is -1.94. The zero-order valence-electron chi connectivity index (χ0n) is 11.8. The van der Waals surface area contributed by atoms with Crippen LogP contribution >= 0.6 is 11.3 Å². The Balaban J connectivity index is 1.93. The Bertz CT molecular complexity index is 754. The highest BCUT2D eigenvalue weighted by Crippen LogP contribution is 2.36. The molecule has 0 saturated heterocycles. The van der Waals surface area contributed by atoms with Crippen LogP contribution in [0.15, 0.2) is 41.0 Å². The fourth-order valence-electron chi connectivity index (χ4n) is 2.86. The summed E-state index contributed by atoms with van der Waals surface area (Å²) >= 11 is 1.68. The molecule has 0 aliphatic heterocycles. The number of carbonyl (C=O) groups is 2. The lowest BCUT2D eigenvalue weighted by Crippen LogP contribution is -2.23. The third-order valence-electron chi connectivity index (χ3n) is 3.99. The average Bonchev–Trinajstić information content (AvgIpc) is 2.93. The lowest BCUT2D eigenvalue weighted by atomic mass is 9.81. The van der Waals surface area contributed by atoms with E-state index in [4.69, 9.17) is 0 Å². The number of benzene rings is 1. The second-order valence-corrected chi connectivity index (χ2v) is 6.29. The van der Waals surface area contributed by atoms with Gasteiger partial charge in [0.25, 0.3) is 0 Å². The molecule has 1 aromatic heterocycles. The zero-order valence-corrected chi connectivity index (χ0v) is 12.6. The number of rotatable bonds is 3. The van der Waals surface area contributed by atoms with Gasteiger partial charge in [0.2, 0.25) is 0 Å². The smallest absolute Gasteiger partial charge is 0.170 e. The molecule has 0 fully saturated rings. The monoisotopic (exact) mass is 300 g/mol. The van der Waals surface area contributed by atoms with Crippen molar-refractivity contribution >= 4 is 33.0 Å². The van der Waals surface area contributed by atoms with Gasteiger partial charge in [0.05, 0.1) is 5.57 Å². The van der Waals surface area contributed by atoms with E-state index in [9.17, 15) is 14.7 Å². The fraction of sp³-hybridized carbons (Fsp3) is 0.294. The topological polar surface area (TPSA) is 54.4 Å². The summed E-state index contributed by atoms with van der Waals surface area (Å²) in [5.74, 6) is -0.589. The molecule has 21 heavy (non-hydrogen) atoms. The molecule has 3 rings (SSSR count). The number of aliphatic hydroxyl groups excluding tert-OH is 1. The Kier molecular flexibility index (Phi) is 3.64. The number of thiophene rings is 1. The molecule has 1 aliphatic carbocycles. The van der Waals surface area contributed by atoms with Crippen LogP contribution in [0.5, 0.6) is 0 Å². The van der Waals surface area contributed by atoms with Crippen LogP contribution in [0.1, 0.15) is 37.7 Å². The molecule has 1 atom stereocenters. The standard InChI is InChI=1S/C17H16O3S/c1-2-13(18)17-14(19)8-12(9-15(17)20)10-3-4-16-11(7-10)5-6-21-16/h3-7,12,19H,2,8-9H2,1H3. The maximum atomic E-state index is 12.2. The molecule has 1 unspecified atom stereocenters. The van der Waals surface area contributed by atoms with Crippen LogP contribution in [0.25, 0.3) is 10.1 Å². The van der Waals surface area contributed by atoms with Gasteiger partial charge in [-0.05, 0) is 34.4 Å². The molecule has 0 spiro atoms. The number of hydrogen-bond donors (Lipinski definition) is 1. The maximum absolute atomic E-state index is 12.2. The molecule has 108 valence electrons. The van der Waals surface area contributed by atoms with Gasteiger partial charge in [0.1, 0.15) is 5.76 Å². The molecule has 0 bridgehead atoms. The number of allylic oxidation sites excluding steroid dienone is 2. The van der Waals surface area contributed by atoms with E-state index in [0.29, 0.717) is 12.8 Å². The van der Waals surface area contributed by atoms with Crippen molar-refractivity contribution in [1.29, 1.82) is 0 Å². The lowest BCUT2D eigenvalue weighted by Gasteiger charge is -2.23. The number of fused-ring (bicyclic) bond motifs is 1. The van der Waals surface area contributed by atoms with Gasteiger partial charge in [-0.25, -0.2) is 0 Å². The SMILES string of the molecule is CCC(=O)C1=C(O)CC(c2ccc3sccc3c2)CC1=O. The molecular formula is C17H16O3S. The first kappa shape index (κ1) is 14.0. The summed E-state index contributed by atoms with van der Waals surface area (Å²) < 4.78 is 1.21. The molecule has 3 nitrogen and oxygen atoms in total. The number of ketones is 2. The van der Waals surface area contributed by atoms with E-state index in [0.717, 1.165) is 10.9 Å². The van der Waals surface area contributed by atoms with Crippen molar-refractivity contribution < 1.29 is 14.7 Å². The van der Waals surface area contributed by atoms with Crippen LogP contribution in [0.2, 0.25) is 0 Å². The van der Waals surface area contributed by atoms with Gasteiger partial charge in [0.15, 0.2) is 11.6 Å². The molecule has 0 amide bonds. The molecule has 4 heteroatoms. The summed E-state index contributed by atoms with van der Waals surface area (Å²) in [6.45, 7) is 1.70. The van der Waals surface area contributed by atoms with E-state index < -0.39 is 0 Å². The number of aliphatic hydroxyl groups is 1. The van der Waals surface area contributed by atoms with E-state index in [1.54, 1.807) is 18.3 Å². The Morgan fingerprint density at radius 1 is 1.33 bits per heavy atom. The van der Waals surface area contributed by atoms with Crippen LogP contribution in [0.4, 0.5) is 0 Å². The van der Waals surface area contributed by atoms with Crippen molar-refractivity contribution in [3.8, 4) is 0 Å². The minimum Gasteiger partial charge on any atom is -0.511 e. The number of Topliss-reactive ketones (excluding diaryl/α,β-unsaturated/α-hetero) is 2. The third-order valence-corrected chi connectivity index (χ3v) is 4.88. The van der Waals surface area contributed by atoms with Crippen molar-refractivity contribution in [2.24, 2.45) is 0 Å². The lowest BCUT2D eigenvalue weighted by molar-refractivity contribution is -0.122. The average molecular weight is 300 g/mol. The third kappa shape index (κ3) is 2.51. The van der Waals surface area contributed by atoms with Crippen molar-refractivity contribution in [3.63, 3.8) is 0 Å². The summed E-state index contributed by atoms with van der Waals surface area (Å²) in [6, 6.07) is 8.18. The molecule has 1 aromatic carbocycles. The van der Waals surface area contributed by atoms with E-state index in [1.807, 2.05) is 17.5 Å². The van der Waals surface area contributed by atoms with Crippen LogP contribution in [-0.4, -0.2) is 16.7 Å². The van der Waals surface area contributed by atoms with Crippen LogP contribution in [-0.2, 0) is 9.59 Å². The van der Waals surface area contributed by atoms with Crippen LogP contribution in [0, 0.1) is 0 Å². The Morgan fingerprint density at radius 2 is 2.14 bits per heavy atom. The summed E-state index contributed by atoms with van der Waals surface area (Å²) in [5, 5.41) is 13.3. The first-order valence-corrected chi connectivity index (χ1v) is 7.93. The van der Waals surface area contributed by atoms with Gasteiger partial charge in [-0.3, -0.25) is 9.59 Å².